The molecule has 0 fully saturated rings. The lowest BCUT2D eigenvalue weighted by molar-refractivity contribution is -0.385. The highest BCUT2D eigenvalue weighted by Crippen LogP contribution is 2.32. The van der Waals surface area contributed by atoms with Crippen molar-refractivity contribution in [2.45, 2.75) is 31.8 Å². The molecular formula is C19H18N4O5S. The maximum Gasteiger partial charge on any atom is 0.342 e. The molecule has 29 heavy (non-hydrogen) atoms. The van der Waals surface area contributed by atoms with E-state index in [-0.39, 0.29) is 10.6 Å². The highest BCUT2D eigenvalue weighted by Gasteiger charge is 2.18. The number of aryl methyl sites for hydroxylation is 1. The second-order valence-electron chi connectivity index (χ2n) is 6.14. The summed E-state index contributed by atoms with van der Waals surface area (Å²) in [5.41, 5.74) is 1.03. The van der Waals surface area contributed by atoms with Crippen LogP contribution in [0, 0.1) is 17.0 Å². The van der Waals surface area contributed by atoms with Crippen LogP contribution in [0.4, 0.5) is 5.69 Å². The third-order valence-electron chi connectivity index (χ3n) is 4.08. The molecule has 0 bridgehead atoms. The van der Waals surface area contributed by atoms with Crippen LogP contribution in [0.3, 0.4) is 0 Å². The third kappa shape index (κ3) is 4.72. The Morgan fingerprint density at radius 3 is 2.86 bits per heavy atom. The normalized spacial score (nSPS) is 11.6. The van der Waals surface area contributed by atoms with Gasteiger partial charge in [-0.05, 0) is 37.2 Å². The summed E-state index contributed by atoms with van der Waals surface area (Å²) < 4.78 is 5.72. The number of carboxylic acids is 1. The van der Waals surface area contributed by atoms with Crippen molar-refractivity contribution in [3.63, 3.8) is 0 Å². The lowest BCUT2D eigenvalue weighted by Crippen LogP contribution is -1.97. The van der Waals surface area contributed by atoms with Crippen LogP contribution in [0.2, 0.25) is 0 Å². The number of H-pyrrole nitrogens is 1. The van der Waals surface area contributed by atoms with E-state index < -0.39 is 10.9 Å². The van der Waals surface area contributed by atoms with Crippen LogP contribution >= 0.6 is 11.8 Å². The van der Waals surface area contributed by atoms with E-state index in [0.717, 1.165) is 24.6 Å². The Balaban J connectivity index is 1.87. The predicted octanol–water partition coefficient (Wildman–Crippen LogP) is 4.45. The number of aromatic nitrogens is 3. The molecule has 3 aromatic rings. The van der Waals surface area contributed by atoms with Crippen LogP contribution in [0.25, 0.3) is 17.4 Å². The molecule has 0 unspecified atom stereocenters. The van der Waals surface area contributed by atoms with E-state index in [1.165, 1.54) is 12.1 Å². The molecule has 3 rings (SSSR count). The van der Waals surface area contributed by atoms with Crippen molar-refractivity contribution in [2.24, 2.45) is 0 Å². The van der Waals surface area contributed by atoms with Gasteiger partial charge in [0.25, 0.3) is 5.69 Å². The molecule has 150 valence electrons. The van der Waals surface area contributed by atoms with Gasteiger partial charge in [-0.15, -0.1) is 5.10 Å². The standard InChI is InChI=1S/C19H18N4O5S/c1-3-5-17-20-19(22-21-17)29-16(18(24)25)10-12-8-9-15(28-12)13-6-4-7-14(11(13)2)23(26)27/h4,6-10H,3,5H2,1-2H3,(H,24,25)(H,20,21,22)/b16-10+. The molecule has 0 saturated heterocycles. The molecule has 0 radical (unpaired) electrons. The summed E-state index contributed by atoms with van der Waals surface area (Å²) in [6.45, 7) is 3.65. The van der Waals surface area contributed by atoms with E-state index in [2.05, 4.69) is 15.2 Å². The zero-order valence-corrected chi connectivity index (χ0v) is 16.5. The molecular weight excluding hydrogens is 396 g/mol. The molecule has 0 atom stereocenters. The minimum absolute atomic E-state index is 0.00902. The van der Waals surface area contributed by atoms with Crippen LogP contribution in [0.5, 0.6) is 0 Å². The molecule has 10 heteroatoms. The molecule has 2 N–H and O–H groups in total. The van der Waals surface area contributed by atoms with Crippen molar-refractivity contribution in [3.05, 3.63) is 62.5 Å². The van der Waals surface area contributed by atoms with E-state index in [4.69, 9.17) is 4.42 Å². The van der Waals surface area contributed by atoms with Crippen LogP contribution < -0.4 is 0 Å². The number of benzene rings is 1. The molecule has 2 heterocycles. The van der Waals surface area contributed by atoms with E-state index in [1.54, 1.807) is 31.2 Å². The number of nitrogens with one attached hydrogen (secondary N) is 1. The average Bonchev–Trinajstić information content (AvgIpc) is 3.31. The lowest BCUT2D eigenvalue weighted by atomic mass is 10.1. The fraction of sp³-hybridized carbons (Fsp3) is 0.211. The first-order chi connectivity index (χ1) is 13.9. The fourth-order valence-corrected chi connectivity index (χ4v) is 3.40. The van der Waals surface area contributed by atoms with Gasteiger partial charge in [0.15, 0.2) is 0 Å². The van der Waals surface area contributed by atoms with Gasteiger partial charge in [-0.2, -0.15) is 0 Å². The number of rotatable bonds is 8. The number of aromatic amines is 1. The van der Waals surface area contributed by atoms with Crippen molar-refractivity contribution in [1.82, 2.24) is 15.2 Å². The number of hydrogen-bond donors (Lipinski definition) is 2. The van der Waals surface area contributed by atoms with Gasteiger partial charge in [-0.3, -0.25) is 15.2 Å². The zero-order valence-electron chi connectivity index (χ0n) is 15.7. The minimum Gasteiger partial charge on any atom is -0.477 e. The maximum atomic E-state index is 11.6. The zero-order chi connectivity index (χ0) is 21.0. The molecule has 0 aliphatic heterocycles. The second kappa shape index (κ2) is 8.74. The Morgan fingerprint density at radius 2 is 2.17 bits per heavy atom. The van der Waals surface area contributed by atoms with Crippen molar-refractivity contribution in [1.29, 1.82) is 0 Å². The van der Waals surface area contributed by atoms with Crippen LogP contribution in [-0.2, 0) is 11.2 Å². The first-order valence-electron chi connectivity index (χ1n) is 8.77. The number of nitro groups is 1. The number of nitrogens with zero attached hydrogens (tertiary/aromatic N) is 3. The minimum atomic E-state index is -1.14. The summed E-state index contributed by atoms with van der Waals surface area (Å²) in [5, 5.41) is 27.7. The number of aliphatic carboxylic acids is 1. The van der Waals surface area contributed by atoms with E-state index in [0.29, 0.717) is 33.6 Å². The molecule has 0 aliphatic carbocycles. The summed E-state index contributed by atoms with van der Waals surface area (Å²) in [6.07, 6.45) is 3.00. The summed E-state index contributed by atoms with van der Waals surface area (Å²) in [6, 6.07) is 7.97. The number of carboxylic acid groups (broad SMARTS) is 1. The Bertz CT molecular complexity index is 1090. The van der Waals surface area contributed by atoms with Gasteiger partial charge in [-0.25, -0.2) is 9.78 Å². The fourth-order valence-electron chi connectivity index (χ4n) is 2.70. The van der Waals surface area contributed by atoms with Gasteiger partial charge in [0.05, 0.1) is 4.92 Å². The molecule has 9 nitrogen and oxygen atoms in total. The molecule has 1 aromatic carbocycles. The molecule has 0 spiro atoms. The van der Waals surface area contributed by atoms with Gasteiger partial charge in [0.1, 0.15) is 22.3 Å². The Kier molecular flexibility index (Phi) is 6.13. The smallest absolute Gasteiger partial charge is 0.342 e. The monoisotopic (exact) mass is 414 g/mol. The Hall–Kier alpha value is -3.40. The third-order valence-corrected chi connectivity index (χ3v) is 4.96. The van der Waals surface area contributed by atoms with Gasteiger partial charge in [0.2, 0.25) is 5.16 Å². The maximum absolute atomic E-state index is 11.6. The first kappa shape index (κ1) is 20.3. The van der Waals surface area contributed by atoms with Crippen molar-refractivity contribution < 1.29 is 19.2 Å². The van der Waals surface area contributed by atoms with Crippen molar-refractivity contribution in [3.8, 4) is 11.3 Å². The number of thioether (sulfide) groups is 1. The summed E-state index contributed by atoms with van der Waals surface area (Å²) in [7, 11) is 0. The van der Waals surface area contributed by atoms with Crippen LogP contribution in [-0.4, -0.2) is 31.2 Å². The first-order valence-corrected chi connectivity index (χ1v) is 9.59. The molecule has 0 saturated carbocycles. The van der Waals surface area contributed by atoms with Gasteiger partial charge in [0, 0.05) is 29.7 Å². The van der Waals surface area contributed by atoms with Gasteiger partial charge < -0.3 is 9.52 Å². The number of nitro benzene ring substituents is 1. The second-order valence-corrected chi connectivity index (χ2v) is 7.15. The van der Waals surface area contributed by atoms with Gasteiger partial charge >= 0.3 is 5.97 Å². The van der Waals surface area contributed by atoms with E-state index in [9.17, 15) is 20.0 Å². The largest absolute Gasteiger partial charge is 0.477 e. The van der Waals surface area contributed by atoms with Gasteiger partial charge in [-0.1, -0.05) is 19.1 Å². The highest BCUT2D eigenvalue weighted by atomic mass is 32.2. The number of hydrogen-bond acceptors (Lipinski definition) is 7. The summed E-state index contributed by atoms with van der Waals surface area (Å²) in [5.74, 6) is 0.276. The molecule has 0 aliphatic rings. The van der Waals surface area contributed by atoms with Crippen molar-refractivity contribution >= 4 is 29.5 Å². The summed E-state index contributed by atoms with van der Waals surface area (Å²) in [4.78, 5) is 26.5. The van der Waals surface area contributed by atoms with E-state index >= 15 is 0 Å². The Labute approximate surface area is 170 Å². The van der Waals surface area contributed by atoms with Crippen LogP contribution in [0.15, 0.2) is 44.8 Å². The number of carbonyl (C=O) groups is 1. The highest BCUT2D eigenvalue weighted by molar-refractivity contribution is 8.04. The predicted molar refractivity (Wildman–Crippen MR) is 107 cm³/mol. The molecule has 2 aromatic heterocycles. The number of furan rings is 1. The molecule has 0 amide bonds. The SMILES string of the molecule is CCCc1nc(S/C(=C/c2ccc(-c3cccc([N+](=O)[O-])c3C)o2)C(=O)O)n[nH]1. The van der Waals surface area contributed by atoms with E-state index in [1.807, 2.05) is 6.92 Å². The van der Waals surface area contributed by atoms with Crippen LogP contribution in [0.1, 0.15) is 30.5 Å². The lowest BCUT2D eigenvalue weighted by Gasteiger charge is -2.03. The quantitative estimate of drug-likeness (QED) is 0.239. The average molecular weight is 414 g/mol. The topological polar surface area (TPSA) is 135 Å². The van der Waals surface area contributed by atoms with Crippen molar-refractivity contribution in [2.75, 3.05) is 0 Å². The Morgan fingerprint density at radius 1 is 1.38 bits per heavy atom. The summed E-state index contributed by atoms with van der Waals surface area (Å²) >= 11 is 0.912.